The molecule has 44 heavy (non-hydrogen) atoms. The fraction of sp³-hybridized carbons (Fsp3) is 0.344. The molecule has 4 amide bonds. The van der Waals surface area contributed by atoms with Crippen molar-refractivity contribution in [3.05, 3.63) is 84.0 Å². The number of hydrogen-bond donors (Lipinski definition) is 4. The molecule has 1 fully saturated rings. The summed E-state index contributed by atoms with van der Waals surface area (Å²) in [7, 11) is 0. The summed E-state index contributed by atoms with van der Waals surface area (Å²) in [6.45, 7) is 8.69. The van der Waals surface area contributed by atoms with Gasteiger partial charge in [-0.15, -0.1) is 11.8 Å². The lowest BCUT2D eigenvalue weighted by Gasteiger charge is -2.31. The van der Waals surface area contributed by atoms with Crippen LogP contribution in [0, 0.1) is 0 Å². The number of ether oxygens (including phenoxy) is 1. The molecule has 3 atom stereocenters. The highest BCUT2D eigenvalue weighted by Gasteiger charge is 2.42. The predicted octanol–water partition coefficient (Wildman–Crippen LogP) is 2.15. The molecule has 11 nitrogen and oxygen atoms in total. The van der Waals surface area contributed by atoms with Gasteiger partial charge in [-0.3, -0.25) is 24.2 Å². The summed E-state index contributed by atoms with van der Waals surface area (Å²) < 4.78 is 5.66. The maximum Gasteiger partial charge on any atom is 0.258 e. The van der Waals surface area contributed by atoms with Crippen LogP contribution < -0.4 is 20.7 Å². The van der Waals surface area contributed by atoms with Gasteiger partial charge in [-0.05, 0) is 44.9 Å². The molecule has 1 aliphatic heterocycles. The molecule has 4 rings (SSSR count). The number of benzene rings is 2. The van der Waals surface area contributed by atoms with Crippen LogP contribution in [0.3, 0.4) is 0 Å². The van der Waals surface area contributed by atoms with Crippen molar-refractivity contribution in [3.8, 4) is 5.75 Å². The summed E-state index contributed by atoms with van der Waals surface area (Å²) in [6, 6.07) is 14.3. The van der Waals surface area contributed by atoms with E-state index in [-0.39, 0.29) is 18.9 Å². The molecule has 1 saturated heterocycles. The van der Waals surface area contributed by atoms with Crippen molar-refractivity contribution in [1.82, 2.24) is 25.8 Å². The van der Waals surface area contributed by atoms with Crippen molar-refractivity contribution in [2.75, 3.05) is 19.0 Å². The number of hydrogen-bond acceptors (Lipinski definition) is 8. The minimum Gasteiger partial charge on any atom is -0.483 e. The zero-order valence-corrected chi connectivity index (χ0v) is 25.7. The Morgan fingerprint density at radius 2 is 1.84 bits per heavy atom. The van der Waals surface area contributed by atoms with Gasteiger partial charge in [0.2, 0.25) is 11.8 Å². The number of pyridine rings is 1. The third-order valence-electron chi connectivity index (χ3n) is 6.76. The molecule has 1 aliphatic rings. The summed E-state index contributed by atoms with van der Waals surface area (Å²) in [5, 5.41) is 21.0. The number of nitrogens with zero attached hydrogens (tertiary/aromatic N) is 2. The highest BCUT2D eigenvalue weighted by molar-refractivity contribution is 8.03. The van der Waals surface area contributed by atoms with E-state index < -0.39 is 53.9 Å². The quantitative estimate of drug-likeness (QED) is 0.255. The first-order valence-corrected chi connectivity index (χ1v) is 15.1. The third-order valence-corrected chi connectivity index (χ3v) is 7.76. The van der Waals surface area contributed by atoms with E-state index in [9.17, 15) is 24.3 Å². The van der Waals surface area contributed by atoms with E-state index in [4.69, 9.17) is 4.74 Å². The minimum absolute atomic E-state index is 0.131. The van der Waals surface area contributed by atoms with Gasteiger partial charge in [-0.1, -0.05) is 49.0 Å². The molecule has 0 spiro atoms. The van der Waals surface area contributed by atoms with Gasteiger partial charge in [-0.25, -0.2) is 0 Å². The highest BCUT2D eigenvalue weighted by Crippen LogP contribution is 2.33. The number of amides is 4. The maximum absolute atomic E-state index is 13.6. The van der Waals surface area contributed by atoms with Crippen LogP contribution in [0.1, 0.15) is 26.3 Å². The van der Waals surface area contributed by atoms with Gasteiger partial charge < -0.3 is 30.7 Å². The molecule has 2 aromatic carbocycles. The van der Waals surface area contributed by atoms with E-state index in [0.717, 1.165) is 16.3 Å². The predicted molar refractivity (Wildman–Crippen MR) is 168 cm³/mol. The minimum atomic E-state index is -1.67. The number of nitrogens with one attached hydrogen (secondary N) is 3. The zero-order chi connectivity index (χ0) is 31.9. The highest BCUT2D eigenvalue weighted by atomic mass is 32.2. The Kier molecular flexibility index (Phi) is 10.6. The molecule has 4 N–H and O–H groups in total. The molecule has 0 aliphatic carbocycles. The average Bonchev–Trinajstić information content (AvgIpc) is 3.39. The molecule has 0 radical (unpaired) electrons. The number of carbonyl (C=O) groups excluding carboxylic acids is 4. The van der Waals surface area contributed by atoms with E-state index in [1.165, 1.54) is 16.7 Å². The van der Waals surface area contributed by atoms with Crippen LogP contribution in [0.15, 0.2) is 78.5 Å². The molecular weight excluding hydrogens is 582 g/mol. The van der Waals surface area contributed by atoms with Gasteiger partial charge in [0.15, 0.2) is 12.7 Å². The third kappa shape index (κ3) is 8.57. The first-order chi connectivity index (χ1) is 20.9. The number of rotatable bonds is 11. The van der Waals surface area contributed by atoms with E-state index in [2.05, 4.69) is 27.5 Å². The van der Waals surface area contributed by atoms with Crippen LogP contribution in [0.2, 0.25) is 0 Å². The van der Waals surface area contributed by atoms with Gasteiger partial charge in [0.1, 0.15) is 11.8 Å². The van der Waals surface area contributed by atoms with Crippen molar-refractivity contribution < 1.29 is 29.0 Å². The van der Waals surface area contributed by atoms with E-state index in [1.54, 1.807) is 30.6 Å². The van der Waals surface area contributed by atoms with E-state index in [0.29, 0.717) is 10.7 Å². The lowest BCUT2D eigenvalue weighted by atomic mass is 9.99. The van der Waals surface area contributed by atoms with Crippen molar-refractivity contribution in [2.45, 2.75) is 50.9 Å². The smallest absolute Gasteiger partial charge is 0.258 e. The number of carbonyl (C=O) groups is 4. The van der Waals surface area contributed by atoms with Gasteiger partial charge >= 0.3 is 0 Å². The number of aromatic nitrogens is 1. The Balaban J connectivity index is 1.39. The SMILES string of the molecule is C=C1SCN(C(=O)[C@@H](O)[C@H](Cc2ccccc2)NC(=O)CNC(=O)COc2cccc3cnccc23)[C@@H]1C(=O)NC(C)(C)C. The van der Waals surface area contributed by atoms with Crippen LogP contribution >= 0.6 is 11.8 Å². The monoisotopic (exact) mass is 619 g/mol. The summed E-state index contributed by atoms with van der Waals surface area (Å²) in [5.74, 6) is -1.61. The van der Waals surface area contributed by atoms with Crippen LogP contribution in [-0.2, 0) is 25.6 Å². The lowest BCUT2D eigenvalue weighted by Crippen LogP contribution is -2.58. The Morgan fingerprint density at radius 3 is 2.57 bits per heavy atom. The van der Waals surface area contributed by atoms with E-state index in [1.807, 2.05) is 57.2 Å². The van der Waals surface area contributed by atoms with Gasteiger partial charge in [0.05, 0.1) is 18.5 Å². The second kappa shape index (κ2) is 14.4. The molecule has 1 aromatic heterocycles. The zero-order valence-electron chi connectivity index (χ0n) is 24.9. The van der Waals surface area contributed by atoms with Gasteiger partial charge in [-0.2, -0.15) is 0 Å². The fourth-order valence-electron chi connectivity index (χ4n) is 4.70. The number of aliphatic hydroxyl groups excluding tert-OH is 1. The second-order valence-electron chi connectivity index (χ2n) is 11.4. The van der Waals surface area contributed by atoms with Crippen molar-refractivity contribution in [1.29, 1.82) is 0 Å². The Hall–Kier alpha value is -4.42. The average molecular weight is 620 g/mol. The largest absolute Gasteiger partial charge is 0.483 e. The Morgan fingerprint density at radius 1 is 1.09 bits per heavy atom. The fourth-order valence-corrected chi connectivity index (χ4v) is 5.67. The van der Waals surface area contributed by atoms with E-state index >= 15 is 0 Å². The topological polar surface area (TPSA) is 150 Å². The normalized spacial score (nSPS) is 16.2. The summed E-state index contributed by atoms with van der Waals surface area (Å²) >= 11 is 1.25. The first kappa shape index (κ1) is 32.5. The molecule has 2 heterocycles. The van der Waals surface area contributed by atoms with Gasteiger partial charge in [0.25, 0.3) is 11.8 Å². The Bertz CT molecular complexity index is 1520. The number of thioether (sulfide) groups is 1. The van der Waals surface area contributed by atoms with Crippen LogP contribution in [-0.4, -0.2) is 81.4 Å². The molecule has 0 bridgehead atoms. The maximum atomic E-state index is 13.6. The van der Waals surface area contributed by atoms with Crippen LogP contribution in [0.4, 0.5) is 0 Å². The molecular formula is C32H37N5O6S. The number of fused-ring (bicyclic) bond motifs is 1. The van der Waals surface area contributed by atoms with Gasteiger partial charge in [0, 0.05) is 33.6 Å². The van der Waals surface area contributed by atoms with Crippen molar-refractivity contribution in [2.24, 2.45) is 0 Å². The Labute approximate surface area is 260 Å². The van der Waals surface area contributed by atoms with Crippen LogP contribution in [0.5, 0.6) is 5.75 Å². The molecule has 0 unspecified atom stereocenters. The summed E-state index contributed by atoms with van der Waals surface area (Å²) in [4.78, 5) is 57.8. The van der Waals surface area contributed by atoms with Crippen LogP contribution in [0.25, 0.3) is 10.8 Å². The number of aliphatic hydroxyl groups is 1. The van der Waals surface area contributed by atoms with Crippen molar-refractivity contribution in [3.63, 3.8) is 0 Å². The molecule has 232 valence electrons. The summed E-state index contributed by atoms with van der Waals surface area (Å²) in [5.41, 5.74) is 0.235. The second-order valence-corrected chi connectivity index (χ2v) is 12.5. The molecule has 12 heteroatoms. The summed E-state index contributed by atoms with van der Waals surface area (Å²) in [6.07, 6.45) is 1.78. The molecule has 0 saturated carbocycles. The first-order valence-electron chi connectivity index (χ1n) is 14.1. The lowest BCUT2D eigenvalue weighted by molar-refractivity contribution is -0.146. The van der Waals surface area contributed by atoms with Crippen molar-refractivity contribution >= 4 is 46.2 Å². The standard InChI is InChI=1S/C32H37N5O6S/c1-20-28(30(41)36-32(2,3)4)37(19-44-20)31(42)29(40)24(15-21-9-6-5-7-10-21)35-26(38)17-34-27(39)18-43-25-12-8-11-22-16-33-14-13-23(22)25/h5-14,16,24,28-29,40H,1,15,17-19H2,2-4H3,(H,34,39)(H,35,38)(H,36,41)/t24-,28-,29-/m0/s1. The molecule has 3 aromatic rings.